The lowest BCUT2D eigenvalue weighted by Crippen LogP contribution is -2.50. The van der Waals surface area contributed by atoms with Gasteiger partial charge in [0.2, 0.25) is 0 Å². The van der Waals surface area contributed by atoms with Crippen LogP contribution < -0.4 is 4.72 Å². The van der Waals surface area contributed by atoms with Crippen LogP contribution in [0.4, 0.5) is 8.78 Å². The van der Waals surface area contributed by atoms with Crippen LogP contribution in [-0.4, -0.2) is 26.6 Å². The van der Waals surface area contributed by atoms with Crippen molar-refractivity contribution in [1.29, 1.82) is 0 Å². The number of allylic oxidation sites excluding steroid dienone is 2. The fraction of sp³-hybridized carbons (Fsp3) is 0.412. The Labute approximate surface area is 166 Å². The van der Waals surface area contributed by atoms with Crippen LogP contribution in [-0.2, 0) is 17.4 Å². The maximum atomic E-state index is 13.5. The summed E-state index contributed by atoms with van der Waals surface area (Å²) in [5.41, 5.74) is 0.492. The van der Waals surface area contributed by atoms with Crippen LogP contribution in [0, 0.1) is 11.6 Å². The zero-order chi connectivity index (χ0) is 18.8. The summed E-state index contributed by atoms with van der Waals surface area (Å²) in [6, 6.07) is 3.43. The van der Waals surface area contributed by atoms with E-state index < -0.39 is 33.5 Å². The summed E-state index contributed by atoms with van der Waals surface area (Å²) in [7, 11) is -1.34. The van der Waals surface area contributed by atoms with Crippen molar-refractivity contribution in [2.24, 2.45) is 0 Å². The van der Waals surface area contributed by atoms with Gasteiger partial charge in [0.25, 0.3) is 0 Å². The van der Waals surface area contributed by atoms with Gasteiger partial charge in [-0.3, -0.25) is 0 Å². The minimum Gasteiger partial charge on any atom is -0.344 e. The molecule has 0 spiro atoms. The molecule has 1 N–H and O–H groups in total. The van der Waals surface area contributed by atoms with E-state index in [9.17, 15) is 13.0 Å². The Kier molecular flexibility index (Phi) is 6.98. The zero-order valence-electron chi connectivity index (χ0n) is 14.2. The Balaban J connectivity index is 2.30. The zero-order valence-corrected chi connectivity index (χ0v) is 18.1. The van der Waals surface area contributed by atoms with Crippen LogP contribution in [0.15, 0.2) is 39.4 Å². The number of hydrogen-bond acceptors (Lipinski definition) is 2. The average molecular weight is 498 g/mol. The van der Waals surface area contributed by atoms with Crippen LogP contribution in [0.2, 0.25) is 0 Å². The van der Waals surface area contributed by atoms with E-state index in [2.05, 4.69) is 36.6 Å². The summed E-state index contributed by atoms with van der Waals surface area (Å²) in [5, 5.41) is 0. The van der Waals surface area contributed by atoms with Crippen LogP contribution in [0.3, 0.4) is 0 Å². The second-order valence-electron chi connectivity index (χ2n) is 6.73. The van der Waals surface area contributed by atoms with Gasteiger partial charge in [0.05, 0.1) is 33.0 Å². The SMILES string of the molecule is CC(C)(C)[S@](=O)N[C@@H](Cc1cc(F)cc(F)c1)N1CC(Br)=CC=C1Br. The molecule has 1 aliphatic heterocycles. The molecule has 25 heavy (non-hydrogen) atoms. The van der Waals surface area contributed by atoms with Gasteiger partial charge < -0.3 is 4.90 Å². The van der Waals surface area contributed by atoms with Crippen molar-refractivity contribution in [3.63, 3.8) is 0 Å². The van der Waals surface area contributed by atoms with Gasteiger partial charge in [-0.2, -0.15) is 0 Å². The molecule has 3 nitrogen and oxygen atoms in total. The van der Waals surface area contributed by atoms with Crippen molar-refractivity contribution >= 4 is 42.8 Å². The van der Waals surface area contributed by atoms with Gasteiger partial charge in [0.15, 0.2) is 0 Å². The summed E-state index contributed by atoms with van der Waals surface area (Å²) in [5.74, 6) is -1.25. The van der Waals surface area contributed by atoms with E-state index in [1.165, 1.54) is 12.1 Å². The van der Waals surface area contributed by atoms with Crippen molar-refractivity contribution in [2.45, 2.75) is 38.1 Å². The summed E-state index contributed by atoms with van der Waals surface area (Å²) in [6.45, 7) is 6.15. The number of rotatable bonds is 5. The molecule has 8 heteroatoms. The molecule has 0 aromatic heterocycles. The highest BCUT2D eigenvalue weighted by molar-refractivity contribution is 9.12. The number of nitrogens with one attached hydrogen (secondary N) is 1. The highest BCUT2D eigenvalue weighted by atomic mass is 79.9. The highest BCUT2D eigenvalue weighted by Gasteiger charge is 2.28. The van der Waals surface area contributed by atoms with E-state index in [1.807, 2.05) is 37.8 Å². The summed E-state index contributed by atoms with van der Waals surface area (Å²) >= 11 is 6.97. The minimum absolute atomic E-state index is 0.291. The van der Waals surface area contributed by atoms with E-state index in [1.54, 1.807) is 0 Å². The summed E-state index contributed by atoms with van der Waals surface area (Å²) in [6.07, 6.45) is 3.67. The molecule has 0 amide bonds. The van der Waals surface area contributed by atoms with Crippen molar-refractivity contribution in [2.75, 3.05) is 6.54 Å². The van der Waals surface area contributed by atoms with E-state index in [0.717, 1.165) is 15.2 Å². The maximum Gasteiger partial charge on any atom is 0.126 e. The van der Waals surface area contributed by atoms with Crippen LogP contribution in [0.1, 0.15) is 26.3 Å². The second kappa shape index (κ2) is 8.41. The van der Waals surface area contributed by atoms with Crippen molar-refractivity contribution in [1.82, 2.24) is 9.62 Å². The van der Waals surface area contributed by atoms with E-state index in [-0.39, 0.29) is 0 Å². The van der Waals surface area contributed by atoms with E-state index >= 15 is 0 Å². The molecule has 0 fully saturated rings. The predicted molar refractivity (Wildman–Crippen MR) is 106 cm³/mol. The molecule has 0 bridgehead atoms. The standard InChI is InChI=1S/C17H20Br2F2N2OS/c1-17(2,3)25(24)22-16(23-10-12(18)4-5-15(23)19)8-11-6-13(20)9-14(21)7-11/h4-7,9,16,22H,8,10H2,1-3H3/t16-,25+/m1/s1. The van der Waals surface area contributed by atoms with Gasteiger partial charge >= 0.3 is 0 Å². The minimum atomic E-state index is -1.34. The van der Waals surface area contributed by atoms with Gasteiger partial charge in [-0.25, -0.2) is 17.7 Å². The first-order valence-electron chi connectivity index (χ1n) is 7.68. The Morgan fingerprint density at radius 1 is 1.20 bits per heavy atom. The Morgan fingerprint density at radius 2 is 1.80 bits per heavy atom. The molecule has 0 aliphatic carbocycles. The second-order valence-corrected chi connectivity index (χ2v) is 10.6. The molecular formula is C17H20Br2F2N2OS. The molecule has 0 radical (unpaired) electrons. The summed E-state index contributed by atoms with van der Waals surface area (Å²) < 4.78 is 44.1. The summed E-state index contributed by atoms with van der Waals surface area (Å²) in [4.78, 5) is 1.95. The largest absolute Gasteiger partial charge is 0.344 e. The Morgan fingerprint density at radius 3 is 2.36 bits per heavy atom. The molecule has 138 valence electrons. The third kappa shape index (κ3) is 5.98. The fourth-order valence-corrected chi connectivity index (χ4v) is 3.99. The number of benzene rings is 1. The van der Waals surface area contributed by atoms with E-state index in [0.29, 0.717) is 18.5 Å². The molecule has 0 saturated carbocycles. The van der Waals surface area contributed by atoms with Crippen molar-refractivity contribution in [3.05, 3.63) is 56.6 Å². The average Bonchev–Trinajstić information content (AvgIpc) is 2.47. The first kappa shape index (κ1) is 20.7. The van der Waals surface area contributed by atoms with Gasteiger partial charge in [0, 0.05) is 17.0 Å². The lowest BCUT2D eigenvalue weighted by Gasteiger charge is -2.36. The smallest absolute Gasteiger partial charge is 0.126 e. The molecule has 2 atom stereocenters. The predicted octanol–water partition coefficient (Wildman–Crippen LogP) is 4.72. The van der Waals surface area contributed by atoms with Gasteiger partial charge in [-0.15, -0.1) is 0 Å². The fourth-order valence-electron chi connectivity index (χ4n) is 2.27. The van der Waals surface area contributed by atoms with E-state index in [4.69, 9.17) is 0 Å². The van der Waals surface area contributed by atoms with Crippen molar-refractivity contribution < 1.29 is 13.0 Å². The third-order valence-electron chi connectivity index (χ3n) is 3.52. The molecular weight excluding hydrogens is 478 g/mol. The molecule has 1 aliphatic rings. The first-order valence-corrected chi connectivity index (χ1v) is 10.4. The molecule has 2 rings (SSSR count). The first-order chi connectivity index (χ1) is 11.6. The molecule has 0 unspecified atom stereocenters. The number of nitrogens with zero attached hydrogens (tertiary/aromatic N) is 1. The third-order valence-corrected chi connectivity index (χ3v) is 6.36. The molecule has 1 aromatic carbocycles. The highest BCUT2D eigenvalue weighted by Crippen LogP contribution is 2.27. The van der Waals surface area contributed by atoms with Crippen molar-refractivity contribution in [3.8, 4) is 0 Å². The molecule has 1 aromatic rings. The van der Waals surface area contributed by atoms with Crippen LogP contribution >= 0.6 is 31.9 Å². The van der Waals surface area contributed by atoms with Crippen LogP contribution in [0.5, 0.6) is 0 Å². The molecule has 1 heterocycles. The number of hydrogen-bond donors (Lipinski definition) is 1. The van der Waals surface area contributed by atoms with Gasteiger partial charge in [-0.1, -0.05) is 15.9 Å². The van der Waals surface area contributed by atoms with Crippen LogP contribution in [0.25, 0.3) is 0 Å². The monoisotopic (exact) mass is 496 g/mol. The van der Waals surface area contributed by atoms with Gasteiger partial charge in [-0.05, 0) is 66.5 Å². The lowest BCUT2D eigenvalue weighted by molar-refractivity contribution is 0.276. The lowest BCUT2D eigenvalue weighted by atomic mass is 10.1. The maximum absolute atomic E-state index is 13.5. The Bertz CT molecular complexity index is 712. The van der Waals surface area contributed by atoms with Gasteiger partial charge in [0.1, 0.15) is 11.6 Å². The Hall–Kier alpha value is -0.570. The quantitative estimate of drug-likeness (QED) is 0.597. The normalized spacial score (nSPS) is 17.8. The molecule has 0 saturated heterocycles. The number of halogens is 4. The topological polar surface area (TPSA) is 32.3 Å².